The van der Waals surface area contributed by atoms with Crippen LogP contribution in [0.15, 0.2) is 47.4 Å². The van der Waals surface area contributed by atoms with Gasteiger partial charge in [0.05, 0.1) is 19.1 Å². The number of carbonyl (C=O) groups is 1. The van der Waals surface area contributed by atoms with Gasteiger partial charge in [-0.25, -0.2) is 12.7 Å². The van der Waals surface area contributed by atoms with E-state index in [0.717, 1.165) is 15.4 Å². The summed E-state index contributed by atoms with van der Waals surface area (Å²) < 4.78 is 36.1. The molecule has 0 aliphatic heterocycles. The Hall–Kier alpha value is -2.84. The van der Waals surface area contributed by atoms with Gasteiger partial charge in [0, 0.05) is 25.9 Å². The summed E-state index contributed by atoms with van der Waals surface area (Å²) in [4.78, 5) is 12.4. The van der Waals surface area contributed by atoms with Crippen LogP contribution in [0.2, 0.25) is 0 Å². The van der Waals surface area contributed by atoms with Crippen LogP contribution < -0.4 is 14.8 Å². The molecule has 0 aliphatic rings. The number of ether oxygens (including phenoxy) is 2. The molecule has 0 spiro atoms. The Morgan fingerprint density at radius 2 is 1.71 bits per heavy atom. The third-order valence-corrected chi connectivity index (χ3v) is 5.89. The van der Waals surface area contributed by atoms with Crippen LogP contribution in [0.1, 0.15) is 11.1 Å². The van der Waals surface area contributed by atoms with Crippen molar-refractivity contribution in [1.82, 2.24) is 4.31 Å². The number of nitrogens with zero attached hydrogens (tertiary/aromatic N) is 1. The van der Waals surface area contributed by atoms with Crippen molar-refractivity contribution in [3.8, 4) is 11.5 Å². The minimum absolute atomic E-state index is 0.113. The van der Waals surface area contributed by atoms with Crippen molar-refractivity contribution < 1.29 is 22.7 Å². The molecule has 0 radical (unpaired) electrons. The van der Waals surface area contributed by atoms with E-state index < -0.39 is 10.0 Å². The SMILES string of the molecule is COc1ccc(/C=C/C(=O)Nc2cc(S(=O)(=O)N(C)C)ccc2C)cc1OC. The maximum Gasteiger partial charge on any atom is 0.248 e. The van der Waals surface area contributed by atoms with Crippen molar-refractivity contribution in [2.75, 3.05) is 33.6 Å². The highest BCUT2D eigenvalue weighted by Crippen LogP contribution is 2.28. The summed E-state index contributed by atoms with van der Waals surface area (Å²) in [6.07, 6.45) is 3.00. The average molecular weight is 404 g/mol. The molecular weight excluding hydrogens is 380 g/mol. The van der Waals surface area contributed by atoms with Crippen molar-refractivity contribution >= 4 is 27.7 Å². The third kappa shape index (κ3) is 4.90. The number of anilines is 1. The standard InChI is InChI=1S/C20H24N2O5S/c1-14-6-9-16(28(24,25)22(2)3)13-17(14)21-20(23)11-8-15-7-10-18(26-4)19(12-15)27-5/h6-13H,1-5H3,(H,21,23)/b11-8+. The Kier molecular flexibility index (Phi) is 6.82. The minimum atomic E-state index is -3.58. The highest BCUT2D eigenvalue weighted by molar-refractivity contribution is 7.89. The predicted molar refractivity (Wildman–Crippen MR) is 109 cm³/mol. The molecule has 0 unspecified atom stereocenters. The maximum atomic E-state index is 12.3. The summed E-state index contributed by atoms with van der Waals surface area (Å²) in [7, 11) is 2.42. The largest absolute Gasteiger partial charge is 0.493 e. The Balaban J connectivity index is 2.20. The first-order valence-corrected chi connectivity index (χ1v) is 9.87. The van der Waals surface area contributed by atoms with E-state index >= 15 is 0 Å². The van der Waals surface area contributed by atoms with E-state index in [0.29, 0.717) is 17.2 Å². The molecule has 0 aromatic heterocycles. The summed E-state index contributed by atoms with van der Waals surface area (Å²) >= 11 is 0. The van der Waals surface area contributed by atoms with E-state index in [2.05, 4.69) is 5.32 Å². The molecule has 2 rings (SSSR count). The van der Waals surface area contributed by atoms with Crippen LogP contribution in [0.3, 0.4) is 0 Å². The van der Waals surface area contributed by atoms with E-state index in [1.807, 2.05) is 0 Å². The molecule has 28 heavy (non-hydrogen) atoms. The Morgan fingerprint density at radius 3 is 2.32 bits per heavy atom. The first-order valence-electron chi connectivity index (χ1n) is 8.43. The Bertz CT molecular complexity index is 998. The van der Waals surface area contributed by atoms with E-state index in [1.165, 1.54) is 39.4 Å². The van der Waals surface area contributed by atoms with Crippen molar-refractivity contribution in [3.63, 3.8) is 0 Å². The van der Waals surface area contributed by atoms with Crippen LogP contribution in [-0.2, 0) is 14.8 Å². The van der Waals surface area contributed by atoms with E-state index in [9.17, 15) is 13.2 Å². The van der Waals surface area contributed by atoms with Crippen molar-refractivity contribution in [1.29, 1.82) is 0 Å². The van der Waals surface area contributed by atoms with Crippen molar-refractivity contribution in [2.45, 2.75) is 11.8 Å². The molecule has 0 heterocycles. The number of amides is 1. The lowest BCUT2D eigenvalue weighted by Gasteiger charge is -2.14. The summed E-state index contributed by atoms with van der Waals surface area (Å²) in [5.41, 5.74) is 1.95. The zero-order valence-corrected chi connectivity index (χ0v) is 17.3. The quantitative estimate of drug-likeness (QED) is 0.717. The van der Waals surface area contributed by atoms with Crippen LogP contribution in [0.25, 0.3) is 6.08 Å². The first kappa shape index (κ1) is 21.5. The zero-order valence-electron chi connectivity index (χ0n) is 16.5. The number of aryl methyl sites for hydroxylation is 1. The van der Waals surface area contributed by atoms with Gasteiger partial charge in [-0.05, 0) is 48.4 Å². The summed E-state index contributed by atoms with van der Waals surface area (Å²) in [5.74, 6) is 0.776. The lowest BCUT2D eigenvalue weighted by molar-refractivity contribution is -0.111. The molecule has 150 valence electrons. The van der Waals surface area contributed by atoms with E-state index in [4.69, 9.17) is 9.47 Å². The lowest BCUT2D eigenvalue weighted by atomic mass is 10.1. The second-order valence-corrected chi connectivity index (χ2v) is 8.35. The maximum absolute atomic E-state index is 12.3. The molecule has 0 bridgehead atoms. The van der Waals surface area contributed by atoms with Gasteiger partial charge in [-0.3, -0.25) is 4.79 Å². The van der Waals surface area contributed by atoms with E-state index in [-0.39, 0.29) is 10.8 Å². The molecule has 1 amide bonds. The highest BCUT2D eigenvalue weighted by atomic mass is 32.2. The number of methoxy groups -OCH3 is 2. The number of carbonyl (C=O) groups excluding carboxylic acids is 1. The van der Waals surface area contributed by atoms with Gasteiger partial charge in [-0.2, -0.15) is 0 Å². The number of benzene rings is 2. The number of hydrogen-bond donors (Lipinski definition) is 1. The lowest BCUT2D eigenvalue weighted by Crippen LogP contribution is -2.22. The molecule has 0 saturated carbocycles. The molecule has 0 aliphatic carbocycles. The Morgan fingerprint density at radius 1 is 1.04 bits per heavy atom. The van der Waals surface area contributed by atoms with Crippen LogP contribution in [-0.4, -0.2) is 46.9 Å². The molecule has 2 aromatic carbocycles. The fourth-order valence-electron chi connectivity index (χ4n) is 2.41. The van der Waals surface area contributed by atoms with Gasteiger partial charge in [0.25, 0.3) is 0 Å². The number of nitrogens with one attached hydrogen (secondary N) is 1. The summed E-state index contributed by atoms with van der Waals surface area (Å²) in [6.45, 7) is 1.79. The van der Waals surface area contributed by atoms with Gasteiger partial charge >= 0.3 is 0 Å². The van der Waals surface area contributed by atoms with Crippen LogP contribution in [0.4, 0.5) is 5.69 Å². The molecular formula is C20H24N2O5S. The minimum Gasteiger partial charge on any atom is -0.493 e. The number of hydrogen-bond acceptors (Lipinski definition) is 5. The van der Waals surface area contributed by atoms with Crippen molar-refractivity contribution in [2.24, 2.45) is 0 Å². The van der Waals surface area contributed by atoms with Crippen LogP contribution in [0.5, 0.6) is 11.5 Å². The molecule has 0 atom stereocenters. The monoisotopic (exact) mass is 404 g/mol. The van der Waals surface area contributed by atoms with Crippen LogP contribution >= 0.6 is 0 Å². The normalized spacial score (nSPS) is 11.6. The van der Waals surface area contributed by atoms with Gasteiger partial charge in [0.15, 0.2) is 11.5 Å². The van der Waals surface area contributed by atoms with Gasteiger partial charge < -0.3 is 14.8 Å². The molecule has 1 N–H and O–H groups in total. The highest BCUT2D eigenvalue weighted by Gasteiger charge is 2.18. The fourth-order valence-corrected chi connectivity index (χ4v) is 3.34. The topological polar surface area (TPSA) is 84.9 Å². The smallest absolute Gasteiger partial charge is 0.248 e. The Labute approximate surface area is 165 Å². The summed E-state index contributed by atoms with van der Waals surface area (Å²) in [6, 6.07) is 9.91. The molecule has 0 fully saturated rings. The summed E-state index contributed by atoms with van der Waals surface area (Å²) in [5, 5.41) is 2.72. The zero-order chi connectivity index (χ0) is 20.9. The molecule has 7 nitrogen and oxygen atoms in total. The number of sulfonamides is 1. The second kappa shape index (κ2) is 8.90. The van der Waals surface area contributed by atoms with Gasteiger partial charge in [0.2, 0.25) is 15.9 Å². The molecule has 2 aromatic rings. The number of rotatable bonds is 7. The van der Waals surface area contributed by atoms with E-state index in [1.54, 1.807) is 44.4 Å². The van der Waals surface area contributed by atoms with Crippen molar-refractivity contribution in [3.05, 3.63) is 53.6 Å². The van der Waals surface area contributed by atoms with Crippen LogP contribution in [0, 0.1) is 6.92 Å². The van der Waals surface area contributed by atoms with Gasteiger partial charge in [-0.1, -0.05) is 12.1 Å². The average Bonchev–Trinajstić information content (AvgIpc) is 2.67. The molecule has 8 heteroatoms. The molecule has 0 saturated heterocycles. The second-order valence-electron chi connectivity index (χ2n) is 6.20. The fraction of sp³-hybridized carbons (Fsp3) is 0.250. The predicted octanol–water partition coefficient (Wildman–Crippen LogP) is 2.91. The van der Waals surface area contributed by atoms with Gasteiger partial charge in [0.1, 0.15) is 0 Å². The third-order valence-electron chi connectivity index (χ3n) is 4.08. The first-order chi connectivity index (χ1) is 13.2. The van der Waals surface area contributed by atoms with Gasteiger partial charge in [-0.15, -0.1) is 0 Å².